The summed E-state index contributed by atoms with van der Waals surface area (Å²) >= 11 is 0. The number of carbonyl (C=O) groups excluding carboxylic acids is 1. The summed E-state index contributed by atoms with van der Waals surface area (Å²) in [7, 11) is 0. The Morgan fingerprint density at radius 2 is 1.12 bits per heavy atom. The molecule has 0 unspecified atom stereocenters. The van der Waals surface area contributed by atoms with E-state index < -0.39 is 34.5 Å². The number of hydrogen-bond donors (Lipinski definition) is 0. The molecule has 0 saturated heterocycles. The summed E-state index contributed by atoms with van der Waals surface area (Å²) in [6.45, 7) is 0. The maximum atomic E-state index is 14.5. The van der Waals surface area contributed by atoms with Crippen molar-refractivity contribution in [2.75, 3.05) is 0 Å². The molecule has 0 bridgehead atoms. The largest absolute Gasteiger partial charge is 0.304 e. The van der Waals surface area contributed by atoms with Crippen molar-refractivity contribution >= 4 is 28.1 Å². The number of halogens is 4. The minimum absolute atomic E-state index is 0.244. The second kappa shape index (κ2) is 5.44. The molecule has 4 aromatic rings. The average molecular weight is 343 g/mol. The third-order valence-electron chi connectivity index (χ3n) is 4.20. The summed E-state index contributed by atoms with van der Waals surface area (Å²) in [5.41, 5.74) is -1.38. The van der Waals surface area contributed by atoms with Gasteiger partial charge in [0, 0.05) is 10.8 Å². The van der Waals surface area contributed by atoms with Crippen LogP contribution in [0.15, 0.2) is 48.5 Å². The van der Waals surface area contributed by atoms with E-state index in [1.807, 2.05) is 0 Å². The lowest BCUT2D eigenvalue weighted by molar-refractivity contribution is 0.111. The number of benzene rings is 3. The first-order valence-electron chi connectivity index (χ1n) is 7.36. The Labute approximate surface area is 138 Å². The molecule has 1 aromatic heterocycles. The van der Waals surface area contributed by atoms with Gasteiger partial charge in [0.15, 0.2) is 29.6 Å². The van der Waals surface area contributed by atoms with Crippen LogP contribution in [-0.2, 0) is 0 Å². The Morgan fingerprint density at radius 1 is 0.680 bits per heavy atom. The second-order valence-corrected chi connectivity index (χ2v) is 5.51. The van der Waals surface area contributed by atoms with Gasteiger partial charge in [-0.1, -0.05) is 36.4 Å². The van der Waals surface area contributed by atoms with E-state index in [1.54, 1.807) is 48.5 Å². The van der Waals surface area contributed by atoms with E-state index in [4.69, 9.17) is 0 Å². The van der Waals surface area contributed by atoms with Crippen LogP contribution in [0.5, 0.6) is 0 Å². The van der Waals surface area contributed by atoms with Gasteiger partial charge < -0.3 is 4.57 Å². The first-order valence-corrected chi connectivity index (χ1v) is 7.36. The van der Waals surface area contributed by atoms with Gasteiger partial charge in [0.25, 0.3) is 0 Å². The van der Waals surface area contributed by atoms with Crippen LogP contribution in [0.1, 0.15) is 10.4 Å². The fraction of sp³-hybridized carbons (Fsp3) is 0. The molecule has 0 atom stereocenters. The van der Waals surface area contributed by atoms with E-state index in [0.29, 0.717) is 21.8 Å². The molecule has 0 saturated carbocycles. The Morgan fingerprint density at radius 3 is 1.56 bits per heavy atom. The molecule has 0 fully saturated rings. The minimum Gasteiger partial charge on any atom is -0.304 e. The number of fused-ring (bicyclic) bond motifs is 3. The number of hydrogen-bond acceptors (Lipinski definition) is 1. The van der Waals surface area contributed by atoms with Gasteiger partial charge in [-0.2, -0.15) is 0 Å². The van der Waals surface area contributed by atoms with Gasteiger partial charge in [-0.25, -0.2) is 17.6 Å². The van der Waals surface area contributed by atoms with Crippen LogP contribution in [0.25, 0.3) is 27.5 Å². The standard InChI is InChI=1S/C19H9F4NO/c20-15-12(9-25)16(21)18(23)19(17(15)22)24-13-7-3-1-5-10(13)11-6-2-4-8-14(11)24/h1-9H. The summed E-state index contributed by atoms with van der Waals surface area (Å²) in [5, 5.41) is 1.36. The molecule has 0 aliphatic heterocycles. The van der Waals surface area contributed by atoms with Crippen LogP contribution in [0.4, 0.5) is 17.6 Å². The summed E-state index contributed by atoms with van der Waals surface area (Å²) < 4.78 is 58.4. The van der Waals surface area contributed by atoms with Crippen LogP contribution < -0.4 is 0 Å². The summed E-state index contributed by atoms with van der Waals surface area (Å²) in [6.07, 6.45) is -0.244. The Kier molecular flexibility index (Phi) is 3.35. The molecule has 0 aliphatic carbocycles. The maximum absolute atomic E-state index is 14.5. The third-order valence-corrected chi connectivity index (χ3v) is 4.20. The van der Waals surface area contributed by atoms with Gasteiger partial charge in [-0.05, 0) is 12.1 Å². The highest BCUT2D eigenvalue weighted by Gasteiger charge is 2.28. The lowest BCUT2D eigenvalue weighted by Crippen LogP contribution is -2.10. The quantitative estimate of drug-likeness (QED) is 0.280. The number of rotatable bonds is 2. The predicted molar refractivity (Wildman–Crippen MR) is 86.0 cm³/mol. The maximum Gasteiger partial charge on any atom is 0.186 e. The van der Waals surface area contributed by atoms with Crippen molar-refractivity contribution in [2.45, 2.75) is 0 Å². The molecule has 3 aromatic carbocycles. The first kappa shape index (κ1) is 15.4. The van der Waals surface area contributed by atoms with Gasteiger partial charge in [0.05, 0.1) is 16.6 Å². The molecule has 0 N–H and O–H groups in total. The zero-order valence-electron chi connectivity index (χ0n) is 12.6. The zero-order valence-corrected chi connectivity index (χ0v) is 12.6. The number of aromatic nitrogens is 1. The lowest BCUT2D eigenvalue weighted by atomic mass is 10.1. The predicted octanol–water partition coefficient (Wildman–Crippen LogP) is 5.15. The molecule has 0 spiro atoms. The van der Waals surface area contributed by atoms with Crippen LogP contribution in [0.2, 0.25) is 0 Å². The fourth-order valence-electron chi connectivity index (χ4n) is 3.10. The van der Waals surface area contributed by atoms with Gasteiger partial charge in [0.1, 0.15) is 5.69 Å². The molecule has 0 radical (unpaired) electrons. The van der Waals surface area contributed by atoms with E-state index in [0.717, 1.165) is 4.57 Å². The summed E-state index contributed by atoms with van der Waals surface area (Å²) in [6, 6.07) is 13.5. The second-order valence-electron chi connectivity index (χ2n) is 5.51. The fourth-order valence-corrected chi connectivity index (χ4v) is 3.10. The number of para-hydroxylation sites is 2. The summed E-state index contributed by atoms with van der Waals surface area (Å²) in [4.78, 5) is 10.8. The molecule has 1 heterocycles. The SMILES string of the molecule is O=Cc1c(F)c(F)c(-n2c3ccccc3c3ccccc32)c(F)c1F. The van der Waals surface area contributed by atoms with Gasteiger partial charge >= 0.3 is 0 Å². The Bertz CT molecular complexity index is 1080. The van der Waals surface area contributed by atoms with Gasteiger partial charge in [0.2, 0.25) is 0 Å². The first-order chi connectivity index (χ1) is 12.1. The van der Waals surface area contributed by atoms with Crippen molar-refractivity contribution in [3.05, 3.63) is 77.4 Å². The van der Waals surface area contributed by atoms with Crippen LogP contribution in [-0.4, -0.2) is 10.9 Å². The smallest absolute Gasteiger partial charge is 0.186 e. The van der Waals surface area contributed by atoms with E-state index in [1.165, 1.54) is 0 Å². The highest BCUT2D eigenvalue weighted by molar-refractivity contribution is 6.09. The zero-order chi connectivity index (χ0) is 17.7. The number of carbonyl (C=O) groups is 1. The number of aldehydes is 1. The molecule has 124 valence electrons. The molecule has 0 aliphatic rings. The Hall–Kier alpha value is -3.15. The van der Waals surface area contributed by atoms with Crippen molar-refractivity contribution in [1.29, 1.82) is 0 Å². The normalized spacial score (nSPS) is 11.4. The monoisotopic (exact) mass is 343 g/mol. The van der Waals surface area contributed by atoms with E-state index in [-0.39, 0.29) is 6.29 Å². The van der Waals surface area contributed by atoms with E-state index in [9.17, 15) is 22.4 Å². The number of nitrogens with zero attached hydrogens (tertiary/aromatic N) is 1. The molecule has 0 amide bonds. The molecule has 4 rings (SSSR count). The minimum atomic E-state index is -1.72. The summed E-state index contributed by atoms with van der Waals surface area (Å²) in [5.74, 6) is -6.67. The third kappa shape index (κ3) is 2.00. The average Bonchev–Trinajstić information content (AvgIpc) is 2.96. The molecular formula is C19H9F4NO. The van der Waals surface area contributed by atoms with Gasteiger partial charge in [-0.15, -0.1) is 0 Å². The van der Waals surface area contributed by atoms with Crippen molar-refractivity contribution < 1.29 is 22.4 Å². The van der Waals surface area contributed by atoms with E-state index in [2.05, 4.69) is 0 Å². The van der Waals surface area contributed by atoms with E-state index >= 15 is 0 Å². The van der Waals surface area contributed by atoms with Crippen LogP contribution in [0.3, 0.4) is 0 Å². The lowest BCUT2D eigenvalue weighted by Gasteiger charge is -2.12. The molecule has 6 heteroatoms. The van der Waals surface area contributed by atoms with Gasteiger partial charge in [-0.3, -0.25) is 4.79 Å². The molecular weight excluding hydrogens is 334 g/mol. The van der Waals surface area contributed by atoms with Crippen LogP contribution in [0, 0.1) is 23.3 Å². The van der Waals surface area contributed by atoms with Crippen molar-refractivity contribution in [2.24, 2.45) is 0 Å². The Balaban J connectivity index is 2.25. The highest BCUT2D eigenvalue weighted by atomic mass is 19.2. The van der Waals surface area contributed by atoms with Crippen molar-refractivity contribution in [1.82, 2.24) is 4.57 Å². The molecule has 2 nitrogen and oxygen atoms in total. The van der Waals surface area contributed by atoms with Crippen LogP contribution >= 0.6 is 0 Å². The highest BCUT2D eigenvalue weighted by Crippen LogP contribution is 2.35. The topological polar surface area (TPSA) is 22.0 Å². The van der Waals surface area contributed by atoms with Crippen molar-refractivity contribution in [3.8, 4) is 5.69 Å². The molecule has 25 heavy (non-hydrogen) atoms. The van der Waals surface area contributed by atoms with Crippen molar-refractivity contribution in [3.63, 3.8) is 0 Å².